The number of rotatable bonds is 7. The highest BCUT2D eigenvalue weighted by molar-refractivity contribution is 7.89. The lowest BCUT2D eigenvalue weighted by Gasteiger charge is -2.21. The van der Waals surface area contributed by atoms with Crippen LogP contribution < -0.4 is 0 Å². The van der Waals surface area contributed by atoms with Crippen LogP contribution in [-0.4, -0.2) is 48.6 Å². The second kappa shape index (κ2) is 6.84. The molecule has 1 rings (SSSR count). The third kappa shape index (κ3) is 3.69. The van der Waals surface area contributed by atoms with Crippen LogP contribution in [0.15, 0.2) is 29.7 Å². The van der Waals surface area contributed by atoms with E-state index < -0.39 is 16.0 Å². The zero-order chi connectivity index (χ0) is 16.2. The fraction of sp³-hybridized carbons (Fsp3) is 0.357. The first-order valence-electron chi connectivity index (χ1n) is 6.32. The summed E-state index contributed by atoms with van der Waals surface area (Å²) in [7, 11) is -3.89. The monoisotopic (exact) mass is 313 g/mol. The van der Waals surface area contributed by atoms with Gasteiger partial charge in [0, 0.05) is 13.1 Å². The van der Waals surface area contributed by atoms with Gasteiger partial charge in [-0.15, -0.1) is 6.58 Å². The summed E-state index contributed by atoms with van der Waals surface area (Å²) < 4.78 is 26.2. The van der Waals surface area contributed by atoms with Gasteiger partial charge in [0.15, 0.2) is 0 Å². The second-order valence-corrected chi connectivity index (χ2v) is 6.52. The molecule has 7 heteroatoms. The van der Waals surface area contributed by atoms with E-state index in [2.05, 4.69) is 6.58 Å². The lowest BCUT2D eigenvalue weighted by molar-refractivity contribution is 0.0696. The maximum Gasteiger partial charge on any atom is 0.335 e. The van der Waals surface area contributed by atoms with E-state index in [1.54, 1.807) is 13.8 Å². The Morgan fingerprint density at radius 1 is 1.33 bits per heavy atom. The molecule has 1 aromatic carbocycles. The Bertz CT molecular complexity index is 652. The molecule has 2 N–H and O–H groups in total. The fourth-order valence-electron chi connectivity index (χ4n) is 2.04. The molecule has 0 spiro atoms. The number of carboxylic acid groups (broad SMARTS) is 1. The van der Waals surface area contributed by atoms with Crippen LogP contribution >= 0.6 is 0 Å². The summed E-state index contributed by atoms with van der Waals surface area (Å²) in [5, 5.41) is 18.1. The van der Waals surface area contributed by atoms with Crippen molar-refractivity contribution < 1.29 is 23.4 Å². The minimum Gasteiger partial charge on any atom is -0.478 e. The minimum atomic E-state index is -3.89. The number of aliphatic hydroxyl groups is 1. The molecular formula is C14H19NO5S. The normalized spacial score (nSPS) is 11.6. The third-order valence-corrected chi connectivity index (χ3v) is 5.06. The van der Waals surface area contributed by atoms with Crippen molar-refractivity contribution >= 4 is 16.0 Å². The Hall–Kier alpha value is -1.70. The summed E-state index contributed by atoms with van der Waals surface area (Å²) in [6.07, 6.45) is 1.41. The number of sulfonamides is 1. The number of aromatic carboxylic acids is 1. The van der Waals surface area contributed by atoms with Crippen molar-refractivity contribution in [3.8, 4) is 0 Å². The van der Waals surface area contributed by atoms with Crippen LogP contribution in [-0.2, 0) is 10.0 Å². The number of hydrogen-bond donors (Lipinski definition) is 2. The number of aliphatic hydroxyl groups excluding tert-OH is 1. The van der Waals surface area contributed by atoms with Crippen LogP contribution in [0.4, 0.5) is 0 Å². The number of carbonyl (C=O) groups is 1. The van der Waals surface area contributed by atoms with E-state index >= 15 is 0 Å². The number of benzene rings is 1. The smallest absolute Gasteiger partial charge is 0.335 e. The van der Waals surface area contributed by atoms with Gasteiger partial charge >= 0.3 is 5.97 Å². The van der Waals surface area contributed by atoms with Gasteiger partial charge in [-0.3, -0.25) is 0 Å². The van der Waals surface area contributed by atoms with Crippen molar-refractivity contribution in [1.29, 1.82) is 0 Å². The van der Waals surface area contributed by atoms with Crippen LogP contribution in [0.3, 0.4) is 0 Å². The number of aryl methyl sites for hydroxylation is 2. The first kappa shape index (κ1) is 17.4. The van der Waals surface area contributed by atoms with E-state index in [1.807, 2.05) is 0 Å². The van der Waals surface area contributed by atoms with E-state index in [-0.39, 0.29) is 30.2 Å². The van der Waals surface area contributed by atoms with Gasteiger partial charge in [0.25, 0.3) is 0 Å². The Balaban J connectivity index is 3.45. The van der Waals surface area contributed by atoms with Gasteiger partial charge in [0.05, 0.1) is 17.1 Å². The quantitative estimate of drug-likeness (QED) is 0.737. The maximum atomic E-state index is 12.6. The van der Waals surface area contributed by atoms with Crippen molar-refractivity contribution in [3.63, 3.8) is 0 Å². The molecule has 0 amide bonds. The van der Waals surface area contributed by atoms with E-state index in [0.29, 0.717) is 11.1 Å². The minimum absolute atomic E-state index is 0.0403. The number of nitrogens with zero attached hydrogens (tertiary/aromatic N) is 1. The lowest BCUT2D eigenvalue weighted by Crippen LogP contribution is -2.34. The molecule has 0 aromatic heterocycles. The van der Waals surface area contributed by atoms with Gasteiger partial charge in [-0.05, 0) is 31.0 Å². The van der Waals surface area contributed by atoms with Gasteiger partial charge in [-0.25, -0.2) is 13.2 Å². The highest BCUT2D eigenvalue weighted by Gasteiger charge is 2.26. The van der Waals surface area contributed by atoms with E-state index in [4.69, 9.17) is 10.2 Å². The molecule has 0 bridgehead atoms. The fourth-order valence-corrected chi connectivity index (χ4v) is 3.68. The predicted octanol–water partition coefficient (Wildman–Crippen LogP) is 1.17. The summed E-state index contributed by atoms with van der Waals surface area (Å²) in [4.78, 5) is 11.1. The molecule has 0 radical (unpaired) electrons. The summed E-state index contributed by atoms with van der Waals surface area (Å²) in [6, 6.07) is 2.69. The van der Waals surface area contributed by atoms with Crippen molar-refractivity contribution in [3.05, 3.63) is 41.5 Å². The highest BCUT2D eigenvalue weighted by atomic mass is 32.2. The molecule has 0 aliphatic heterocycles. The molecule has 0 fully saturated rings. The van der Waals surface area contributed by atoms with Gasteiger partial charge < -0.3 is 10.2 Å². The van der Waals surface area contributed by atoms with Crippen molar-refractivity contribution in [2.45, 2.75) is 18.7 Å². The molecule has 0 atom stereocenters. The van der Waals surface area contributed by atoms with Crippen molar-refractivity contribution in [1.82, 2.24) is 4.31 Å². The van der Waals surface area contributed by atoms with Crippen LogP contribution in [0.2, 0.25) is 0 Å². The molecule has 21 heavy (non-hydrogen) atoms. The maximum absolute atomic E-state index is 12.6. The van der Waals surface area contributed by atoms with Gasteiger partial charge in [-0.2, -0.15) is 4.31 Å². The Morgan fingerprint density at radius 2 is 1.95 bits per heavy atom. The Labute approximate surface area is 124 Å². The summed E-state index contributed by atoms with van der Waals surface area (Å²) in [5.41, 5.74) is 0.905. The topological polar surface area (TPSA) is 94.9 Å². The van der Waals surface area contributed by atoms with Crippen LogP contribution in [0, 0.1) is 13.8 Å². The molecule has 0 saturated carbocycles. The standard InChI is InChI=1S/C14H19NO5S/c1-4-5-15(6-7-16)21(19,20)13-9-12(14(17)18)10(2)8-11(13)3/h4,8-9,16H,1,5-7H2,2-3H3,(H,17,18). The first-order valence-corrected chi connectivity index (χ1v) is 7.76. The van der Waals surface area contributed by atoms with Crippen LogP contribution in [0.5, 0.6) is 0 Å². The molecule has 0 aliphatic carbocycles. The van der Waals surface area contributed by atoms with Crippen LogP contribution in [0.25, 0.3) is 0 Å². The van der Waals surface area contributed by atoms with Crippen molar-refractivity contribution in [2.75, 3.05) is 19.7 Å². The lowest BCUT2D eigenvalue weighted by atomic mass is 10.1. The van der Waals surface area contributed by atoms with E-state index in [0.717, 1.165) is 10.4 Å². The zero-order valence-corrected chi connectivity index (χ0v) is 12.9. The van der Waals surface area contributed by atoms with Gasteiger partial charge in [0.1, 0.15) is 0 Å². The Morgan fingerprint density at radius 3 is 2.43 bits per heavy atom. The molecule has 0 aliphatic rings. The summed E-state index contributed by atoms with van der Waals surface area (Å²) >= 11 is 0. The second-order valence-electron chi connectivity index (χ2n) is 4.61. The molecule has 0 unspecified atom stereocenters. The Kier molecular flexibility index (Phi) is 5.65. The highest BCUT2D eigenvalue weighted by Crippen LogP contribution is 2.24. The largest absolute Gasteiger partial charge is 0.478 e. The van der Waals surface area contributed by atoms with E-state index in [1.165, 1.54) is 12.1 Å². The zero-order valence-electron chi connectivity index (χ0n) is 12.0. The molecular weight excluding hydrogens is 294 g/mol. The average molecular weight is 313 g/mol. The molecule has 0 heterocycles. The van der Waals surface area contributed by atoms with Crippen LogP contribution in [0.1, 0.15) is 21.5 Å². The van der Waals surface area contributed by atoms with Gasteiger partial charge in [0.2, 0.25) is 10.0 Å². The molecule has 1 aromatic rings. The first-order chi connectivity index (χ1) is 9.75. The molecule has 6 nitrogen and oxygen atoms in total. The van der Waals surface area contributed by atoms with Gasteiger partial charge in [-0.1, -0.05) is 12.1 Å². The summed E-state index contributed by atoms with van der Waals surface area (Å²) in [5.74, 6) is -1.18. The van der Waals surface area contributed by atoms with E-state index in [9.17, 15) is 13.2 Å². The molecule has 116 valence electrons. The number of hydrogen-bond acceptors (Lipinski definition) is 4. The van der Waals surface area contributed by atoms with Crippen molar-refractivity contribution in [2.24, 2.45) is 0 Å². The number of carboxylic acids is 1. The average Bonchev–Trinajstić information content (AvgIpc) is 2.37. The predicted molar refractivity (Wildman–Crippen MR) is 78.9 cm³/mol. The third-order valence-electron chi connectivity index (χ3n) is 3.05. The summed E-state index contributed by atoms with van der Waals surface area (Å²) in [6.45, 7) is 6.34. The molecule has 0 saturated heterocycles. The SMILES string of the molecule is C=CCN(CCO)S(=O)(=O)c1cc(C(=O)O)c(C)cc1C.